The summed E-state index contributed by atoms with van der Waals surface area (Å²) in [4.78, 5) is 26.2. The van der Waals surface area contributed by atoms with E-state index in [4.69, 9.17) is 4.74 Å². The summed E-state index contributed by atoms with van der Waals surface area (Å²) in [5, 5.41) is 0. The Morgan fingerprint density at radius 1 is 1.27 bits per heavy atom. The topological polar surface area (TPSA) is 51.5 Å². The van der Waals surface area contributed by atoms with Crippen LogP contribution in [0.3, 0.4) is 0 Å². The fourth-order valence-electron chi connectivity index (χ4n) is 3.17. The van der Waals surface area contributed by atoms with Crippen LogP contribution in [0.4, 0.5) is 8.78 Å². The first kappa shape index (κ1) is 15.0. The predicted octanol–water partition coefficient (Wildman–Crippen LogP) is 1.67. The van der Waals surface area contributed by atoms with E-state index in [-0.39, 0.29) is 43.1 Å². The van der Waals surface area contributed by atoms with Crippen LogP contribution in [-0.2, 0) is 13.0 Å². The van der Waals surface area contributed by atoms with E-state index in [9.17, 15) is 18.4 Å². The number of amides is 1. The van der Waals surface area contributed by atoms with Gasteiger partial charge in [-0.1, -0.05) is 0 Å². The third-order valence-corrected chi connectivity index (χ3v) is 4.39. The van der Waals surface area contributed by atoms with Crippen LogP contribution in [0.2, 0.25) is 0 Å². The van der Waals surface area contributed by atoms with Crippen LogP contribution in [-0.4, -0.2) is 41.5 Å². The molecule has 0 aliphatic carbocycles. The molecule has 1 saturated heterocycles. The van der Waals surface area contributed by atoms with Crippen molar-refractivity contribution >= 4 is 5.91 Å². The molecule has 2 aliphatic heterocycles. The minimum Gasteiger partial charge on any atom is -0.496 e. The lowest BCUT2D eigenvalue weighted by atomic mass is 10.0. The molecule has 0 saturated carbocycles. The molecule has 0 radical (unpaired) electrons. The Kier molecular flexibility index (Phi) is 3.66. The van der Waals surface area contributed by atoms with Gasteiger partial charge in [-0.15, -0.1) is 0 Å². The average molecular weight is 312 g/mol. The van der Waals surface area contributed by atoms with E-state index < -0.39 is 5.92 Å². The maximum atomic E-state index is 13.3. The van der Waals surface area contributed by atoms with Crippen molar-refractivity contribution in [3.63, 3.8) is 0 Å². The van der Waals surface area contributed by atoms with Gasteiger partial charge in [-0.2, -0.15) is 0 Å². The van der Waals surface area contributed by atoms with Gasteiger partial charge >= 0.3 is 0 Å². The second-order valence-corrected chi connectivity index (χ2v) is 5.78. The first-order valence-corrected chi connectivity index (χ1v) is 7.41. The van der Waals surface area contributed by atoms with E-state index in [1.165, 1.54) is 18.1 Å². The zero-order valence-corrected chi connectivity index (χ0v) is 12.4. The SMILES string of the molecule is COc1cc(=O)n2c(c1C(=O)N1CCC(F)(F)CC1)CCC2. The Labute approximate surface area is 126 Å². The summed E-state index contributed by atoms with van der Waals surface area (Å²) in [6.45, 7) is 0.623. The normalized spacial score (nSPS) is 19.9. The molecule has 0 N–H and O–H groups in total. The zero-order chi connectivity index (χ0) is 15.9. The molecule has 0 unspecified atom stereocenters. The zero-order valence-electron chi connectivity index (χ0n) is 12.4. The molecule has 120 valence electrons. The summed E-state index contributed by atoms with van der Waals surface area (Å²) < 4.78 is 33.3. The highest BCUT2D eigenvalue weighted by Crippen LogP contribution is 2.31. The van der Waals surface area contributed by atoms with Gasteiger partial charge in [0.25, 0.3) is 17.4 Å². The largest absolute Gasteiger partial charge is 0.496 e. The molecular weight excluding hydrogens is 294 g/mol. The molecular formula is C15H18F2N2O3. The van der Waals surface area contributed by atoms with Crippen LogP contribution < -0.4 is 10.3 Å². The molecule has 0 aromatic carbocycles. The van der Waals surface area contributed by atoms with Crippen molar-refractivity contribution in [1.82, 2.24) is 9.47 Å². The van der Waals surface area contributed by atoms with E-state index in [2.05, 4.69) is 0 Å². The van der Waals surface area contributed by atoms with Gasteiger partial charge in [-0.25, -0.2) is 8.78 Å². The summed E-state index contributed by atoms with van der Waals surface area (Å²) in [6.07, 6.45) is 0.768. The third-order valence-electron chi connectivity index (χ3n) is 4.39. The van der Waals surface area contributed by atoms with E-state index in [1.54, 1.807) is 4.57 Å². The number of methoxy groups -OCH3 is 1. The van der Waals surface area contributed by atoms with Gasteiger partial charge < -0.3 is 14.2 Å². The molecule has 1 fully saturated rings. The highest BCUT2D eigenvalue weighted by atomic mass is 19.3. The number of aromatic nitrogens is 1. The van der Waals surface area contributed by atoms with Crippen LogP contribution in [0.5, 0.6) is 5.75 Å². The van der Waals surface area contributed by atoms with E-state index in [0.29, 0.717) is 24.2 Å². The lowest BCUT2D eigenvalue weighted by molar-refractivity contribution is -0.0494. The number of rotatable bonds is 2. The van der Waals surface area contributed by atoms with Crippen molar-refractivity contribution in [2.45, 2.75) is 38.2 Å². The van der Waals surface area contributed by atoms with Crippen LogP contribution in [0, 0.1) is 0 Å². The number of alkyl halides is 2. The van der Waals surface area contributed by atoms with Crippen molar-refractivity contribution in [3.8, 4) is 5.75 Å². The fraction of sp³-hybridized carbons (Fsp3) is 0.600. The molecule has 2 aliphatic rings. The smallest absolute Gasteiger partial charge is 0.259 e. The number of fused-ring (bicyclic) bond motifs is 1. The maximum absolute atomic E-state index is 13.3. The van der Waals surface area contributed by atoms with Crippen LogP contribution in [0.1, 0.15) is 35.3 Å². The lowest BCUT2D eigenvalue weighted by Gasteiger charge is -2.32. The minimum absolute atomic E-state index is 0.0214. The van der Waals surface area contributed by atoms with Gasteiger partial charge in [0, 0.05) is 44.2 Å². The van der Waals surface area contributed by atoms with Crippen LogP contribution in [0.15, 0.2) is 10.9 Å². The molecule has 1 aromatic rings. The number of carbonyl (C=O) groups excluding carboxylic acids is 1. The molecule has 3 heterocycles. The first-order chi connectivity index (χ1) is 10.4. The number of likely N-dealkylation sites (tertiary alicyclic amines) is 1. The molecule has 0 bridgehead atoms. The summed E-state index contributed by atoms with van der Waals surface area (Å²) in [7, 11) is 1.40. The Hall–Kier alpha value is -1.92. The van der Waals surface area contributed by atoms with Crippen molar-refractivity contribution in [3.05, 3.63) is 27.7 Å². The van der Waals surface area contributed by atoms with Gasteiger partial charge in [0.1, 0.15) is 11.3 Å². The quantitative estimate of drug-likeness (QED) is 0.835. The van der Waals surface area contributed by atoms with E-state index >= 15 is 0 Å². The van der Waals surface area contributed by atoms with E-state index in [1.807, 2.05) is 0 Å². The fourth-order valence-corrected chi connectivity index (χ4v) is 3.17. The van der Waals surface area contributed by atoms with E-state index in [0.717, 1.165) is 6.42 Å². The molecule has 0 atom stereocenters. The minimum atomic E-state index is -2.70. The third kappa shape index (κ3) is 2.48. The number of hydrogen-bond donors (Lipinski definition) is 0. The number of ether oxygens (including phenoxy) is 1. The summed E-state index contributed by atoms with van der Waals surface area (Å²) in [6, 6.07) is 1.31. The average Bonchev–Trinajstić information content (AvgIpc) is 2.96. The van der Waals surface area contributed by atoms with Gasteiger partial charge in [-0.05, 0) is 12.8 Å². The molecule has 1 amide bonds. The van der Waals surface area contributed by atoms with Crippen molar-refractivity contribution in [1.29, 1.82) is 0 Å². The molecule has 22 heavy (non-hydrogen) atoms. The van der Waals surface area contributed by atoms with Gasteiger partial charge in [0.2, 0.25) is 0 Å². The highest BCUT2D eigenvalue weighted by molar-refractivity contribution is 5.98. The number of halogens is 2. The molecule has 1 aromatic heterocycles. The summed E-state index contributed by atoms with van der Waals surface area (Å²) in [5.41, 5.74) is 0.822. The summed E-state index contributed by atoms with van der Waals surface area (Å²) >= 11 is 0. The van der Waals surface area contributed by atoms with Crippen molar-refractivity contribution < 1.29 is 18.3 Å². The number of hydrogen-bond acceptors (Lipinski definition) is 3. The molecule has 3 rings (SSSR count). The molecule has 7 heteroatoms. The monoisotopic (exact) mass is 312 g/mol. The Bertz CT molecular complexity index is 659. The Morgan fingerprint density at radius 3 is 2.59 bits per heavy atom. The first-order valence-electron chi connectivity index (χ1n) is 7.41. The number of nitrogens with zero attached hydrogens (tertiary/aromatic N) is 2. The predicted molar refractivity (Wildman–Crippen MR) is 75.7 cm³/mol. The van der Waals surface area contributed by atoms with Crippen molar-refractivity contribution in [2.75, 3.05) is 20.2 Å². The Balaban J connectivity index is 1.96. The number of carbonyl (C=O) groups is 1. The Morgan fingerprint density at radius 2 is 1.95 bits per heavy atom. The van der Waals surface area contributed by atoms with Crippen LogP contribution in [0.25, 0.3) is 0 Å². The van der Waals surface area contributed by atoms with Gasteiger partial charge in [0.05, 0.1) is 7.11 Å². The van der Waals surface area contributed by atoms with Crippen molar-refractivity contribution in [2.24, 2.45) is 0 Å². The molecule has 5 nitrogen and oxygen atoms in total. The second-order valence-electron chi connectivity index (χ2n) is 5.78. The maximum Gasteiger partial charge on any atom is 0.259 e. The highest BCUT2D eigenvalue weighted by Gasteiger charge is 2.37. The number of pyridine rings is 1. The molecule has 0 spiro atoms. The summed E-state index contributed by atoms with van der Waals surface area (Å²) in [5.74, 6) is -2.78. The second kappa shape index (κ2) is 5.37. The van der Waals surface area contributed by atoms with Gasteiger partial charge in [0.15, 0.2) is 0 Å². The standard InChI is InChI=1S/C15H18F2N2O3/c1-22-11-9-12(20)19-6-2-3-10(19)13(11)14(21)18-7-4-15(16,17)5-8-18/h9H,2-8H2,1H3. The number of piperidine rings is 1. The lowest BCUT2D eigenvalue weighted by Crippen LogP contribution is -2.43. The van der Waals surface area contributed by atoms with Crippen LogP contribution >= 0.6 is 0 Å². The van der Waals surface area contributed by atoms with Gasteiger partial charge in [-0.3, -0.25) is 9.59 Å².